The van der Waals surface area contributed by atoms with Crippen LogP contribution in [-0.2, 0) is 11.3 Å². The number of rotatable bonds is 4. The highest BCUT2D eigenvalue weighted by Gasteiger charge is 2.10. The van der Waals surface area contributed by atoms with Crippen molar-refractivity contribution < 1.29 is 19.4 Å². The van der Waals surface area contributed by atoms with Crippen LogP contribution in [0.25, 0.3) is 0 Å². The smallest absolute Gasteiger partial charge is 0.341 e. The monoisotopic (exact) mass is 358 g/mol. The fourth-order valence-electron chi connectivity index (χ4n) is 2.41. The number of carbonyl (C=O) groups excluding carboxylic acids is 1. The Kier molecular flexibility index (Phi) is 5.76. The summed E-state index contributed by atoms with van der Waals surface area (Å²) < 4.78 is 10.3. The number of hydrogen-bond donors (Lipinski definition) is 1. The second kappa shape index (κ2) is 8.59. The maximum absolute atomic E-state index is 11.5. The molecule has 4 nitrogen and oxygen atoms in total. The van der Waals surface area contributed by atoms with Crippen LogP contribution < -0.4 is 4.74 Å². The number of esters is 1. The molecule has 134 valence electrons. The summed E-state index contributed by atoms with van der Waals surface area (Å²) in [5.74, 6) is 6.01. The second-order valence-corrected chi connectivity index (χ2v) is 5.77. The molecule has 1 N–H and O–H groups in total. The average Bonchev–Trinajstić information content (AvgIpc) is 2.72. The summed E-state index contributed by atoms with van der Waals surface area (Å²) >= 11 is 0. The van der Waals surface area contributed by atoms with Crippen molar-refractivity contribution in [1.82, 2.24) is 0 Å². The van der Waals surface area contributed by atoms with Crippen molar-refractivity contribution in [1.29, 1.82) is 0 Å². The number of carbonyl (C=O) groups is 1. The first-order chi connectivity index (χ1) is 13.2. The van der Waals surface area contributed by atoms with Gasteiger partial charge < -0.3 is 14.6 Å². The van der Waals surface area contributed by atoms with Gasteiger partial charge in [-0.15, -0.1) is 0 Å². The summed E-state index contributed by atoms with van der Waals surface area (Å²) in [6, 6.07) is 22.0. The van der Waals surface area contributed by atoms with E-state index in [1.54, 1.807) is 6.07 Å². The first-order valence-electron chi connectivity index (χ1n) is 8.36. The van der Waals surface area contributed by atoms with Gasteiger partial charge in [-0.3, -0.25) is 0 Å². The Hall–Kier alpha value is -3.71. The minimum absolute atomic E-state index is 0.114. The molecule has 0 aliphatic carbocycles. The number of phenols is 1. The van der Waals surface area contributed by atoms with Gasteiger partial charge in [0, 0.05) is 11.1 Å². The van der Waals surface area contributed by atoms with Gasteiger partial charge in [-0.2, -0.15) is 0 Å². The zero-order valence-electron chi connectivity index (χ0n) is 14.8. The van der Waals surface area contributed by atoms with Crippen molar-refractivity contribution in [2.24, 2.45) is 0 Å². The summed E-state index contributed by atoms with van der Waals surface area (Å²) in [6.45, 7) is 0.512. The normalized spacial score (nSPS) is 9.81. The molecule has 0 heterocycles. The molecule has 0 aromatic heterocycles. The van der Waals surface area contributed by atoms with Crippen molar-refractivity contribution >= 4 is 5.97 Å². The van der Waals surface area contributed by atoms with E-state index >= 15 is 0 Å². The van der Waals surface area contributed by atoms with E-state index in [1.165, 1.54) is 19.2 Å². The van der Waals surface area contributed by atoms with Crippen LogP contribution in [0.3, 0.4) is 0 Å². The summed E-state index contributed by atoms with van der Waals surface area (Å²) in [5, 5.41) is 9.89. The largest absolute Gasteiger partial charge is 0.507 e. The van der Waals surface area contributed by atoms with Gasteiger partial charge >= 0.3 is 5.97 Å². The van der Waals surface area contributed by atoms with Crippen molar-refractivity contribution in [3.05, 3.63) is 95.1 Å². The van der Waals surface area contributed by atoms with Crippen molar-refractivity contribution in [3.8, 4) is 23.3 Å². The van der Waals surface area contributed by atoms with E-state index in [-0.39, 0.29) is 11.3 Å². The molecular formula is C23H18O4. The minimum atomic E-state index is -0.585. The van der Waals surface area contributed by atoms with E-state index in [0.717, 1.165) is 16.9 Å². The summed E-state index contributed by atoms with van der Waals surface area (Å²) in [6.07, 6.45) is 0. The van der Waals surface area contributed by atoms with Gasteiger partial charge in [0.15, 0.2) is 0 Å². The lowest BCUT2D eigenvalue weighted by molar-refractivity contribution is 0.0597. The highest BCUT2D eigenvalue weighted by atomic mass is 16.5. The minimum Gasteiger partial charge on any atom is -0.507 e. The Morgan fingerprint density at radius 2 is 1.59 bits per heavy atom. The molecule has 0 unspecified atom stereocenters. The quantitative estimate of drug-likeness (QED) is 0.562. The van der Waals surface area contributed by atoms with Crippen LogP contribution in [0.2, 0.25) is 0 Å². The van der Waals surface area contributed by atoms with Gasteiger partial charge in [-0.1, -0.05) is 42.2 Å². The number of hydrogen-bond acceptors (Lipinski definition) is 4. The lowest BCUT2D eigenvalue weighted by Crippen LogP contribution is -2.01. The zero-order chi connectivity index (χ0) is 19.1. The topological polar surface area (TPSA) is 55.8 Å². The zero-order valence-corrected chi connectivity index (χ0v) is 14.8. The molecule has 0 aliphatic rings. The van der Waals surface area contributed by atoms with Gasteiger partial charge in [-0.05, 0) is 48.0 Å². The molecule has 4 heteroatoms. The third-order valence-corrected chi connectivity index (χ3v) is 3.86. The Balaban J connectivity index is 1.65. The molecule has 3 aromatic rings. The van der Waals surface area contributed by atoms with Gasteiger partial charge in [-0.25, -0.2) is 4.79 Å². The SMILES string of the molecule is COC(=O)c1ccc(C#Cc2ccc(OCc3ccccc3)cc2)cc1O. The molecule has 3 rings (SSSR count). The molecule has 0 spiro atoms. The summed E-state index contributed by atoms with van der Waals surface area (Å²) in [7, 11) is 1.27. The van der Waals surface area contributed by atoms with Gasteiger partial charge in [0.25, 0.3) is 0 Å². The second-order valence-electron chi connectivity index (χ2n) is 5.77. The number of methoxy groups -OCH3 is 1. The van der Waals surface area contributed by atoms with E-state index in [9.17, 15) is 9.90 Å². The van der Waals surface area contributed by atoms with Crippen LogP contribution in [-0.4, -0.2) is 18.2 Å². The van der Waals surface area contributed by atoms with Crippen LogP contribution in [0.1, 0.15) is 27.0 Å². The Morgan fingerprint density at radius 1 is 0.926 bits per heavy atom. The number of ether oxygens (including phenoxy) is 2. The van der Waals surface area contributed by atoms with Crippen molar-refractivity contribution in [2.75, 3.05) is 7.11 Å². The molecule has 0 saturated heterocycles. The predicted octanol–water partition coefficient (Wildman–Crippen LogP) is 4.16. The number of phenolic OH excluding ortho intramolecular Hbond substituents is 1. The maximum atomic E-state index is 11.5. The van der Waals surface area contributed by atoms with Crippen molar-refractivity contribution in [2.45, 2.75) is 6.61 Å². The standard InChI is InChI=1S/C23H18O4/c1-26-23(25)21-14-11-18(15-22(21)24)8-7-17-9-12-20(13-10-17)27-16-19-5-3-2-4-6-19/h2-6,9-15,24H,16H2,1H3. The first-order valence-corrected chi connectivity index (χ1v) is 8.36. The Labute approximate surface area is 158 Å². The molecule has 0 bridgehead atoms. The van der Waals surface area contributed by atoms with Crippen LogP contribution >= 0.6 is 0 Å². The average molecular weight is 358 g/mol. The third kappa shape index (κ3) is 4.90. The number of aromatic hydroxyl groups is 1. The lowest BCUT2D eigenvalue weighted by atomic mass is 10.1. The van der Waals surface area contributed by atoms with Gasteiger partial charge in [0.05, 0.1) is 7.11 Å². The molecule has 0 amide bonds. The number of benzene rings is 3. The summed E-state index contributed by atoms with van der Waals surface area (Å²) in [5.41, 5.74) is 2.64. The van der Waals surface area contributed by atoms with Gasteiger partial charge in [0.2, 0.25) is 0 Å². The molecular weight excluding hydrogens is 340 g/mol. The van der Waals surface area contributed by atoms with E-state index in [1.807, 2.05) is 54.6 Å². The van der Waals surface area contributed by atoms with Crippen LogP contribution in [0.4, 0.5) is 0 Å². The van der Waals surface area contributed by atoms with E-state index in [0.29, 0.717) is 12.2 Å². The highest BCUT2D eigenvalue weighted by molar-refractivity contribution is 5.92. The summed E-state index contributed by atoms with van der Waals surface area (Å²) in [4.78, 5) is 11.5. The van der Waals surface area contributed by atoms with E-state index in [2.05, 4.69) is 16.6 Å². The van der Waals surface area contributed by atoms with Crippen LogP contribution in [0.5, 0.6) is 11.5 Å². The maximum Gasteiger partial charge on any atom is 0.341 e. The fraction of sp³-hybridized carbons (Fsp3) is 0.0870. The predicted molar refractivity (Wildman–Crippen MR) is 103 cm³/mol. The lowest BCUT2D eigenvalue weighted by Gasteiger charge is -2.06. The molecule has 0 saturated carbocycles. The highest BCUT2D eigenvalue weighted by Crippen LogP contribution is 2.19. The van der Waals surface area contributed by atoms with Crippen molar-refractivity contribution in [3.63, 3.8) is 0 Å². The molecule has 0 fully saturated rings. The third-order valence-electron chi connectivity index (χ3n) is 3.86. The van der Waals surface area contributed by atoms with Gasteiger partial charge in [0.1, 0.15) is 23.7 Å². The fourth-order valence-corrected chi connectivity index (χ4v) is 2.41. The molecule has 0 aliphatic heterocycles. The van der Waals surface area contributed by atoms with Crippen LogP contribution in [0.15, 0.2) is 72.8 Å². The Morgan fingerprint density at radius 3 is 2.26 bits per heavy atom. The molecule has 0 atom stereocenters. The molecule has 3 aromatic carbocycles. The first kappa shape index (κ1) is 18.1. The van der Waals surface area contributed by atoms with E-state index in [4.69, 9.17) is 4.74 Å². The molecule has 0 radical (unpaired) electrons. The molecule has 27 heavy (non-hydrogen) atoms. The Bertz CT molecular complexity index is 980. The van der Waals surface area contributed by atoms with Crippen LogP contribution in [0, 0.1) is 11.8 Å². The van der Waals surface area contributed by atoms with E-state index < -0.39 is 5.97 Å².